The van der Waals surface area contributed by atoms with Crippen LogP contribution in [0.4, 0.5) is 0 Å². The van der Waals surface area contributed by atoms with Gasteiger partial charge in [-0.15, -0.1) is 0 Å². The molecule has 0 aromatic heterocycles. The van der Waals surface area contributed by atoms with Gasteiger partial charge in [0.05, 0.1) is 10.0 Å². The van der Waals surface area contributed by atoms with Crippen LogP contribution in [0, 0.1) is 5.92 Å². The third-order valence-electron chi connectivity index (χ3n) is 2.79. The minimum absolute atomic E-state index is 0.0219. The average Bonchev–Trinajstić information content (AvgIpc) is 2.31. The number of ketones is 1. The molecule has 1 rings (SSSR count). The van der Waals surface area contributed by atoms with E-state index in [0.717, 1.165) is 18.4 Å². The second-order valence-corrected chi connectivity index (χ2v) is 4.97. The van der Waals surface area contributed by atoms with Crippen LogP contribution in [-0.2, 0) is 11.2 Å². The van der Waals surface area contributed by atoms with Gasteiger partial charge >= 0.3 is 0 Å². The second-order valence-electron chi connectivity index (χ2n) is 4.19. The number of carbonyl (C=O) groups excluding carboxylic acids is 1. The number of carbonyl (C=O) groups is 1. The zero-order chi connectivity index (χ0) is 12.8. The first-order valence-corrected chi connectivity index (χ1v) is 6.47. The van der Waals surface area contributed by atoms with Crippen LogP contribution in [0.3, 0.4) is 0 Å². The zero-order valence-electron chi connectivity index (χ0n) is 9.88. The summed E-state index contributed by atoms with van der Waals surface area (Å²) in [5.41, 5.74) is 6.22. The van der Waals surface area contributed by atoms with Crippen molar-refractivity contribution in [3.63, 3.8) is 0 Å². The highest BCUT2D eigenvalue weighted by molar-refractivity contribution is 6.42. The van der Waals surface area contributed by atoms with Crippen molar-refractivity contribution in [1.29, 1.82) is 0 Å². The summed E-state index contributed by atoms with van der Waals surface area (Å²) in [5.74, 6) is 0.205. The molecular weight excluding hydrogens is 257 g/mol. The Kier molecular flexibility index (Phi) is 5.96. The predicted molar refractivity (Wildman–Crippen MR) is 72.6 cm³/mol. The number of halogens is 2. The molecule has 0 radical (unpaired) electrons. The molecule has 0 aliphatic carbocycles. The molecule has 0 saturated carbocycles. The highest BCUT2D eigenvalue weighted by atomic mass is 35.5. The number of rotatable bonds is 6. The number of benzene rings is 1. The van der Waals surface area contributed by atoms with Gasteiger partial charge in [0, 0.05) is 12.3 Å². The van der Waals surface area contributed by atoms with E-state index in [1.54, 1.807) is 12.1 Å². The summed E-state index contributed by atoms with van der Waals surface area (Å²) in [4.78, 5) is 11.9. The third kappa shape index (κ3) is 4.30. The first-order valence-electron chi connectivity index (χ1n) is 5.72. The maximum absolute atomic E-state index is 11.9. The average molecular weight is 274 g/mol. The standard InChI is InChI=1S/C13H17Cl2NO/c1-9(4-3-7-16)12(17)8-10-5-2-6-11(14)13(10)15/h2,5-6,9H,3-4,7-8,16H2,1H3. The van der Waals surface area contributed by atoms with Gasteiger partial charge in [0.2, 0.25) is 0 Å². The Bertz CT molecular complexity index is 393. The highest BCUT2D eigenvalue weighted by Crippen LogP contribution is 2.26. The molecular formula is C13H17Cl2NO. The molecule has 94 valence electrons. The van der Waals surface area contributed by atoms with Crippen molar-refractivity contribution in [2.45, 2.75) is 26.2 Å². The lowest BCUT2D eigenvalue weighted by atomic mass is 9.95. The molecule has 2 nitrogen and oxygen atoms in total. The van der Waals surface area contributed by atoms with E-state index < -0.39 is 0 Å². The van der Waals surface area contributed by atoms with Crippen LogP contribution < -0.4 is 5.73 Å². The summed E-state index contributed by atoms with van der Waals surface area (Å²) in [5, 5.41) is 0.972. The van der Waals surface area contributed by atoms with E-state index in [2.05, 4.69) is 0 Å². The number of hydrogen-bond acceptors (Lipinski definition) is 2. The van der Waals surface area contributed by atoms with Crippen molar-refractivity contribution in [1.82, 2.24) is 0 Å². The fourth-order valence-electron chi connectivity index (χ4n) is 1.63. The molecule has 0 saturated heterocycles. The van der Waals surface area contributed by atoms with Gasteiger partial charge in [0.25, 0.3) is 0 Å². The molecule has 1 aromatic carbocycles. The number of nitrogens with two attached hydrogens (primary N) is 1. The number of Topliss-reactive ketones (excluding diaryl/α,β-unsaturated/α-hetero) is 1. The van der Waals surface area contributed by atoms with Crippen LogP contribution in [-0.4, -0.2) is 12.3 Å². The molecule has 0 heterocycles. The Morgan fingerprint density at radius 1 is 1.41 bits per heavy atom. The van der Waals surface area contributed by atoms with Gasteiger partial charge in [-0.3, -0.25) is 4.79 Å². The van der Waals surface area contributed by atoms with E-state index in [1.165, 1.54) is 0 Å². The van der Waals surface area contributed by atoms with Crippen molar-refractivity contribution < 1.29 is 4.79 Å². The van der Waals surface area contributed by atoms with Crippen LogP contribution in [0.2, 0.25) is 10.0 Å². The van der Waals surface area contributed by atoms with Gasteiger partial charge in [-0.05, 0) is 31.0 Å². The lowest BCUT2D eigenvalue weighted by Gasteiger charge is -2.11. The molecule has 1 unspecified atom stereocenters. The van der Waals surface area contributed by atoms with E-state index in [4.69, 9.17) is 28.9 Å². The fraction of sp³-hybridized carbons (Fsp3) is 0.462. The molecule has 0 amide bonds. The second kappa shape index (κ2) is 7.00. The molecule has 17 heavy (non-hydrogen) atoms. The molecule has 1 aromatic rings. The van der Waals surface area contributed by atoms with Crippen LogP contribution >= 0.6 is 23.2 Å². The molecule has 0 bridgehead atoms. The van der Waals surface area contributed by atoms with Crippen molar-refractivity contribution in [3.8, 4) is 0 Å². The first kappa shape index (κ1) is 14.5. The van der Waals surface area contributed by atoms with Crippen molar-refractivity contribution in [2.24, 2.45) is 11.7 Å². The Labute approximate surface area is 112 Å². The zero-order valence-corrected chi connectivity index (χ0v) is 11.4. The monoisotopic (exact) mass is 273 g/mol. The van der Waals surface area contributed by atoms with Crippen LogP contribution in [0.5, 0.6) is 0 Å². The Hall–Kier alpha value is -0.570. The lowest BCUT2D eigenvalue weighted by molar-refractivity contribution is -0.121. The van der Waals surface area contributed by atoms with Crippen molar-refractivity contribution in [2.75, 3.05) is 6.54 Å². The Morgan fingerprint density at radius 3 is 2.76 bits per heavy atom. The van der Waals surface area contributed by atoms with Gasteiger partial charge in [0.1, 0.15) is 5.78 Å². The molecule has 0 aliphatic heterocycles. The topological polar surface area (TPSA) is 43.1 Å². The maximum Gasteiger partial charge on any atom is 0.140 e. The summed E-state index contributed by atoms with van der Waals surface area (Å²) >= 11 is 11.9. The Morgan fingerprint density at radius 2 is 2.12 bits per heavy atom. The fourth-order valence-corrected chi connectivity index (χ4v) is 2.02. The highest BCUT2D eigenvalue weighted by Gasteiger charge is 2.15. The molecule has 1 atom stereocenters. The quantitative estimate of drug-likeness (QED) is 0.863. The SMILES string of the molecule is CC(CCCN)C(=O)Cc1cccc(Cl)c1Cl. The normalized spacial score (nSPS) is 12.5. The Balaban J connectivity index is 2.64. The summed E-state index contributed by atoms with van der Waals surface area (Å²) in [6, 6.07) is 5.36. The van der Waals surface area contributed by atoms with Gasteiger partial charge < -0.3 is 5.73 Å². The third-order valence-corrected chi connectivity index (χ3v) is 3.65. The maximum atomic E-state index is 11.9. The minimum Gasteiger partial charge on any atom is -0.330 e. The van der Waals surface area contributed by atoms with Crippen molar-refractivity contribution in [3.05, 3.63) is 33.8 Å². The lowest BCUT2D eigenvalue weighted by Crippen LogP contribution is -2.15. The van der Waals surface area contributed by atoms with E-state index >= 15 is 0 Å². The first-order chi connectivity index (χ1) is 8.06. The molecule has 0 fully saturated rings. The van der Waals surface area contributed by atoms with E-state index in [9.17, 15) is 4.79 Å². The smallest absolute Gasteiger partial charge is 0.140 e. The largest absolute Gasteiger partial charge is 0.330 e. The predicted octanol–water partition coefficient (Wildman–Crippen LogP) is 3.48. The molecule has 2 N–H and O–H groups in total. The summed E-state index contributed by atoms with van der Waals surface area (Å²) in [6.07, 6.45) is 2.04. The summed E-state index contributed by atoms with van der Waals surface area (Å²) < 4.78 is 0. The molecule has 0 aliphatic rings. The van der Waals surface area contributed by atoms with Crippen LogP contribution in [0.25, 0.3) is 0 Å². The molecule has 4 heteroatoms. The number of hydrogen-bond donors (Lipinski definition) is 1. The summed E-state index contributed by atoms with van der Waals surface area (Å²) in [7, 11) is 0. The molecule has 0 spiro atoms. The van der Waals surface area contributed by atoms with Crippen LogP contribution in [0.1, 0.15) is 25.3 Å². The minimum atomic E-state index is 0.0219. The van der Waals surface area contributed by atoms with Crippen molar-refractivity contribution >= 4 is 29.0 Å². The van der Waals surface area contributed by atoms with Gasteiger partial charge in [-0.2, -0.15) is 0 Å². The van der Waals surface area contributed by atoms with Gasteiger partial charge in [-0.25, -0.2) is 0 Å². The summed E-state index contributed by atoms with van der Waals surface area (Å²) in [6.45, 7) is 2.55. The van der Waals surface area contributed by atoms with Gasteiger partial charge in [-0.1, -0.05) is 42.3 Å². The van der Waals surface area contributed by atoms with E-state index in [0.29, 0.717) is 23.0 Å². The van der Waals surface area contributed by atoms with Crippen LogP contribution in [0.15, 0.2) is 18.2 Å². The van der Waals surface area contributed by atoms with E-state index in [1.807, 2.05) is 13.0 Å². The van der Waals surface area contributed by atoms with Gasteiger partial charge in [0.15, 0.2) is 0 Å². The van der Waals surface area contributed by atoms with E-state index in [-0.39, 0.29) is 11.7 Å².